The van der Waals surface area contributed by atoms with Gasteiger partial charge in [-0.15, -0.1) is 0 Å². The van der Waals surface area contributed by atoms with Crippen LogP contribution in [0.15, 0.2) is 24.3 Å². The van der Waals surface area contributed by atoms with E-state index in [1.807, 2.05) is 0 Å². The summed E-state index contributed by atoms with van der Waals surface area (Å²) in [6.45, 7) is 0. The van der Waals surface area contributed by atoms with E-state index in [4.69, 9.17) is 11.7 Å². The van der Waals surface area contributed by atoms with E-state index in [9.17, 15) is 0 Å². The van der Waals surface area contributed by atoms with Crippen molar-refractivity contribution >= 4 is 5.69 Å². The van der Waals surface area contributed by atoms with Crippen molar-refractivity contribution in [1.29, 1.82) is 0 Å². The third-order valence-electron chi connectivity index (χ3n) is 0.999. The van der Waals surface area contributed by atoms with Gasteiger partial charge in [-0.2, -0.15) is 0 Å². The Labute approximate surface area is 53.8 Å². The van der Waals surface area contributed by atoms with Crippen LogP contribution in [0.3, 0.4) is 0 Å². The van der Waals surface area contributed by atoms with Crippen LogP contribution >= 0.6 is 0 Å². The monoisotopic (exact) mass is 122 g/mol. The zero-order valence-electron chi connectivity index (χ0n) is 4.91. The molecular weight excluding hydrogens is 114 g/mol. The summed E-state index contributed by atoms with van der Waals surface area (Å²) in [5, 5.41) is 1.06. The Kier molecular flexibility index (Phi) is 1.67. The predicted octanol–water partition coefficient (Wildman–Crippen LogP) is 0.0406. The second-order valence-corrected chi connectivity index (χ2v) is 1.67. The molecule has 0 amide bonds. The molecule has 1 rings (SSSR count). The van der Waals surface area contributed by atoms with Gasteiger partial charge in [0.15, 0.2) is 0 Å². The van der Waals surface area contributed by atoms with Gasteiger partial charge in [-0.1, -0.05) is 12.1 Å². The molecule has 0 unspecified atom stereocenters. The van der Waals surface area contributed by atoms with Gasteiger partial charge < -0.3 is 0 Å². The molecule has 1 aromatic carbocycles. The third kappa shape index (κ3) is 1.42. The van der Waals surface area contributed by atoms with Gasteiger partial charge in [0.1, 0.15) is 0 Å². The third-order valence-corrected chi connectivity index (χ3v) is 0.999. The van der Waals surface area contributed by atoms with E-state index < -0.39 is 0 Å². The van der Waals surface area contributed by atoms with Gasteiger partial charge in [-0.05, 0) is 18.2 Å². The first-order valence-electron chi connectivity index (χ1n) is 2.56. The molecule has 1 aromatic rings. The first-order valence-corrected chi connectivity index (χ1v) is 2.56. The molecule has 0 atom stereocenters. The highest BCUT2D eigenvalue weighted by molar-refractivity contribution is 5.41. The van der Waals surface area contributed by atoms with Crippen molar-refractivity contribution in [3.63, 3.8) is 0 Å². The van der Waals surface area contributed by atoms with Gasteiger partial charge in [0.2, 0.25) is 0 Å². The van der Waals surface area contributed by atoms with Gasteiger partial charge in [0.05, 0.1) is 5.69 Å². The van der Waals surface area contributed by atoms with E-state index in [1.165, 1.54) is 0 Å². The Bertz CT molecular complexity index is 171. The Hall–Kier alpha value is -1.06. The minimum absolute atomic E-state index is 0.772. The lowest BCUT2D eigenvalue weighted by atomic mass is 10.3. The molecule has 0 aromatic heterocycles. The fourth-order valence-electron chi connectivity index (χ4n) is 0.550. The van der Waals surface area contributed by atoms with Crippen LogP contribution in [0.25, 0.3) is 0 Å². The largest absolute Gasteiger partial charge is 0.247 e. The van der Waals surface area contributed by atoms with E-state index >= 15 is 0 Å². The molecule has 1 radical (unpaired) electrons. The highest BCUT2D eigenvalue weighted by atomic mass is 15.6. The fourth-order valence-corrected chi connectivity index (χ4v) is 0.550. The molecule has 0 saturated carbocycles. The lowest BCUT2D eigenvalue weighted by Gasteiger charge is -2.09. The molecule has 0 aliphatic heterocycles. The molecule has 0 aliphatic rings. The first kappa shape index (κ1) is 6.07. The summed E-state index contributed by atoms with van der Waals surface area (Å²) < 4.78 is 0. The van der Waals surface area contributed by atoms with Crippen LogP contribution in [-0.2, 0) is 0 Å². The Morgan fingerprint density at radius 3 is 2.11 bits per heavy atom. The van der Waals surface area contributed by atoms with Gasteiger partial charge in [-0.3, -0.25) is 0 Å². The number of benzene rings is 1. The zero-order valence-corrected chi connectivity index (χ0v) is 4.91. The minimum Gasteiger partial charge on any atom is -0.247 e. The second kappa shape index (κ2) is 2.48. The van der Waals surface area contributed by atoms with Crippen LogP contribution < -0.4 is 16.8 Å². The van der Waals surface area contributed by atoms with Crippen molar-refractivity contribution in [1.82, 2.24) is 0 Å². The number of nitrogens with zero attached hydrogens (tertiary/aromatic N) is 1. The number of hydrogen-bond acceptors (Lipinski definition) is 3. The molecule has 3 heteroatoms. The van der Waals surface area contributed by atoms with Gasteiger partial charge >= 0.3 is 0 Å². The van der Waals surface area contributed by atoms with Crippen molar-refractivity contribution in [3.8, 4) is 0 Å². The van der Waals surface area contributed by atoms with E-state index in [0.29, 0.717) is 0 Å². The fraction of sp³-hybridized carbons (Fsp3) is 0. The topological polar surface area (TPSA) is 55.3 Å². The van der Waals surface area contributed by atoms with Crippen molar-refractivity contribution in [2.75, 3.05) is 5.12 Å². The summed E-state index contributed by atoms with van der Waals surface area (Å²) in [7, 11) is 0. The number of nitrogens with two attached hydrogens (primary N) is 2. The molecule has 4 N–H and O–H groups in total. The smallest absolute Gasteiger partial charge is 0.0697 e. The van der Waals surface area contributed by atoms with Crippen LogP contribution in [0.5, 0.6) is 0 Å². The molecule has 0 aliphatic carbocycles. The minimum atomic E-state index is 0.772. The molecule has 0 spiro atoms. The Morgan fingerprint density at radius 2 is 1.78 bits per heavy atom. The summed E-state index contributed by atoms with van der Waals surface area (Å²) in [6.07, 6.45) is 0. The maximum atomic E-state index is 5.21. The van der Waals surface area contributed by atoms with E-state index in [-0.39, 0.29) is 0 Å². The summed E-state index contributed by atoms with van der Waals surface area (Å²) in [5.74, 6) is 10.4. The van der Waals surface area contributed by atoms with Crippen LogP contribution in [-0.4, -0.2) is 0 Å². The second-order valence-electron chi connectivity index (χ2n) is 1.67. The zero-order chi connectivity index (χ0) is 6.69. The average molecular weight is 122 g/mol. The summed E-state index contributed by atoms with van der Waals surface area (Å²) in [5.41, 5.74) is 0.772. The molecular formula is C6H8N3. The maximum Gasteiger partial charge on any atom is 0.0697 e. The molecule has 0 bridgehead atoms. The molecule has 3 nitrogen and oxygen atoms in total. The highest BCUT2D eigenvalue weighted by Crippen LogP contribution is 2.03. The Balaban J connectivity index is 2.85. The SMILES string of the molecule is NN(N)c1cc[c]cc1. The van der Waals surface area contributed by atoms with E-state index in [1.54, 1.807) is 24.3 Å². The first-order chi connectivity index (χ1) is 4.30. The van der Waals surface area contributed by atoms with Crippen LogP contribution in [0.2, 0.25) is 0 Å². The number of anilines is 1. The highest BCUT2D eigenvalue weighted by Gasteiger charge is 1.89. The van der Waals surface area contributed by atoms with Gasteiger partial charge in [0, 0.05) is 0 Å². The normalized spacial score (nSPS) is 9.11. The maximum absolute atomic E-state index is 5.21. The molecule has 47 valence electrons. The quantitative estimate of drug-likeness (QED) is 0.408. The van der Waals surface area contributed by atoms with Crippen molar-refractivity contribution in [2.45, 2.75) is 0 Å². The van der Waals surface area contributed by atoms with Crippen LogP contribution in [0, 0.1) is 6.07 Å². The van der Waals surface area contributed by atoms with Crippen LogP contribution in [0.4, 0.5) is 5.69 Å². The van der Waals surface area contributed by atoms with Crippen molar-refractivity contribution in [2.24, 2.45) is 11.7 Å². The molecule has 0 heterocycles. The lowest BCUT2D eigenvalue weighted by molar-refractivity contribution is 0.925. The van der Waals surface area contributed by atoms with Crippen LogP contribution in [0.1, 0.15) is 0 Å². The standard InChI is InChI=1S/C6H8N3/c7-9(8)6-4-2-1-3-5-6/h2-5H,7-8H2. The van der Waals surface area contributed by atoms with Gasteiger partial charge in [0.25, 0.3) is 0 Å². The summed E-state index contributed by atoms with van der Waals surface area (Å²) in [6, 6.07) is 9.91. The Morgan fingerprint density at radius 1 is 1.22 bits per heavy atom. The predicted molar refractivity (Wildman–Crippen MR) is 36.1 cm³/mol. The summed E-state index contributed by atoms with van der Waals surface area (Å²) in [4.78, 5) is 0. The molecule has 0 fully saturated rings. The van der Waals surface area contributed by atoms with Crippen molar-refractivity contribution < 1.29 is 0 Å². The number of rotatable bonds is 1. The van der Waals surface area contributed by atoms with E-state index in [2.05, 4.69) is 6.07 Å². The average Bonchev–Trinajstić information content (AvgIpc) is 1.90. The number of hydrazine groups is 2. The number of hydrogen-bond donors (Lipinski definition) is 2. The lowest BCUT2D eigenvalue weighted by Crippen LogP contribution is -2.37. The molecule has 0 saturated heterocycles. The van der Waals surface area contributed by atoms with Gasteiger partial charge in [-0.25, -0.2) is 16.8 Å². The summed E-state index contributed by atoms with van der Waals surface area (Å²) >= 11 is 0. The van der Waals surface area contributed by atoms with E-state index in [0.717, 1.165) is 10.8 Å². The van der Waals surface area contributed by atoms with Crippen molar-refractivity contribution in [3.05, 3.63) is 30.3 Å². The molecule has 9 heavy (non-hydrogen) atoms.